The number of carbonyl (C=O) groups is 1. The highest BCUT2D eigenvalue weighted by Crippen LogP contribution is 2.31. The minimum absolute atomic E-state index is 0.158. The van der Waals surface area contributed by atoms with Crippen molar-refractivity contribution in [1.29, 1.82) is 0 Å². The molecule has 1 saturated heterocycles. The van der Waals surface area contributed by atoms with Gasteiger partial charge in [-0.15, -0.1) is 0 Å². The summed E-state index contributed by atoms with van der Waals surface area (Å²) in [4.78, 5) is 42.8. The van der Waals surface area contributed by atoms with Gasteiger partial charge in [-0.25, -0.2) is 15.0 Å². The minimum Gasteiger partial charge on any atom is -0.481 e. The lowest BCUT2D eigenvalue weighted by molar-refractivity contribution is 0.0303. The van der Waals surface area contributed by atoms with Crippen molar-refractivity contribution in [3.8, 4) is 22.7 Å². The van der Waals surface area contributed by atoms with Crippen LogP contribution < -0.4 is 15.6 Å². The number of fused-ring (bicyclic) bond motifs is 1. The first kappa shape index (κ1) is 28.0. The van der Waals surface area contributed by atoms with Crippen molar-refractivity contribution in [1.82, 2.24) is 24.4 Å². The van der Waals surface area contributed by atoms with Crippen molar-refractivity contribution < 1.29 is 14.3 Å². The smallest absolute Gasteiger partial charge is 0.263 e. The lowest BCUT2D eigenvalue weighted by Gasteiger charge is -2.28. The monoisotopic (exact) mass is 576 g/mol. The number of nitrogens with one attached hydrogen (secondary N) is 1. The van der Waals surface area contributed by atoms with Crippen LogP contribution in [0.3, 0.4) is 0 Å². The normalized spacial score (nSPS) is 14.0. The number of para-hydroxylation sites is 1. The van der Waals surface area contributed by atoms with Crippen LogP contribution in [0, 0.1) is 6.92 Å². The van der Waals surface area contributed by atoms with Gasteiger partial charge in [-0.3, -0.25) is 14.2 Å². The van der Waals surface area contributed by atoms with Crippen LogP contribution in [0.1, 0.15) is 34.8 Å². The van der Waals surface area contributed by atoms with E-state index in [2.05, 4.69) is 20.3 Å². The third kappa shape index (κ3) is 5.56. The Kier molecular flexibility index (Phi) is 7.84. The van der Waals surface area contributed by atoms with E-state index in [-0.39, 0.29) is 11.5 Å². The maximum atomic E-state index is 14.5. The van der Waals surface area contributed by atoms with Crippen LogP contribution in [0.15, 0.2) is 83.9 Å². The Morgan fingerprint density at radius 2 is 1.81 bits per heavy atom. The second kappa shape index (κ2) is 12.0. The second-order valence-corrected chi connectivity index (χ2v) is 10.4. The number of ether oxygens (including phenoxy) is 2. The Hall–Kier alpha value is -5.09. The third-order valence-electron chi connectivity index (χ3n) is 7.58. The van der Waals surface area contributed by atoms with Gasteiger partial charge in [0.1, 0.15) is 17.2 Å². The zero-order valence-corrected chi connectivity index (χ0v) is 24.3. The molecule has 10 heteroatoms. The molecule has 0 unspecified atom stereocenters. The van der Waals surface area contributed by atoms with Crippen molar-refractivity contribution in [2.75, 3.05) is 38.7 Å². The molecule has 2 aromatic carbocycles. The topological polar surface area (TPSA) is 111 Å². The first-order valence-corrected chi connectivity index (χ1v) is 14.2. The van der Waals surface area contributed by atoms with Crippen molar-refractivity contribution in [2.24, 2.45) is 0 Å². The van der Waals surface area contributed by atoms with Gasteiger partial charge in [0.15, 0.2) is 0 Å². The molecule has 0 saturated carbocycles. The highest BCUT2D eigenvalue weighted by molar-refractivity contribution is 5.99. The van der Waals surface area contributed by atoms with Gasteiger partial charge in [-0.1, -0.05) is 36.4 Å². The van der Waals surface area contributed by atoms with E-state index in [1.165, 1.54) is 0 Å². The van der Waals surface area contributed by atoms with Gasteiger partial charge in [0, 0.05) is 42.9 Å². The predicted molar refractivity (Wildman–Crippen MR) is 165 cm³/mol. The van der Waals surface area contributed by atoms with E-state index in [0.717, 1.165) is 22.2 Å². The molecular weight excluding hydrogens is 544 g/mol. The van der Waals surface area contributed by atoms with Gasteiger partial charge in [0.05, 0.1) is 31.8 Å². The average molecular weight is 577 g/mol. The summed E-state index contributed by atoms with van der Waals surface area (Å²) in [5, 5.41) is 4.81. The maximum absolute atomic E-state index is 14.5. The van der Waals surface area contributed by atoms with Gasteiger partial charge in [-0.05, 0) is 54.6 Å². The quantitative estimate of drug-likeness (QED) is 0.294. The molecule has 1 aliphatic rings. The molecule has 10 nitrogen and oxygen atoms in total. The zero-order valence-electron chi connectivity index (χ0n) is 24.3. The third-order valence-corrected chi connectivity index (χ3v) is 7.58. The average Bonchev–Trinajstić information content (AvgIpc) is 3.05. The van der Waals surface area contributed by atoms with Gasteiger partial charge >= 0.3 is 0 Å². The van der Waals surface area contributed by atoms with Gasteiger partial charge < -0.3 is 19.7 Å². The molecule has 0 radical (unpaired) electrons. The number of anilines is 1. The van der Waals surface area contributed by atoms with Gasteiger partial charge in [-0.2, -0.15) is 0 Å². The van der Waals surface area contributed by atoms with Crippen LogP contribution >= 0.6 is 0 Å². The predicted octanol–water partition coefficient (Wildman–Crippen LogP) is 4.81. The summed E-state index contributed by atoms with van der Waals surface area (Å²) >= 11 is 0. The molecule has 3 aromatic heterocycles. The van der Waals surface area contributed by atoms with Crippen molar-refractivity contribution in [3.63, 3.8) is 0 Å². The number of methoxy groups -OCH3 is 1. The van der Waals surface area contributed by atoms with Crippen LogP contribution in [0.2, 0.25) is 0 Å². The lowest BCUT2D eigenvalue weighted by Crippen LogP contribution is -2.41. The number of morpholine rings is 1. The summed E-state index contributed by atoms with van der Waals surface area (Å²) in [5.41, 5.74) is 3.27. The molecule has 218 valence electrons. The number of hydrogen-bond acceptors (Lipinski definition) is 8. The lowest BCUT2D eigenvalue weighted by atomic mass is 9.98. The first-order valence-electron chi connectivity index (χ1n) is 14.2. The van der Waals surface area contributed by atoms with Crippen LogP contribution in [0.25, 0.3) is 27.6 Å². The Morgan fingerprint density at radius 1 is 1.02 bits per heavy atom. The number of nitrogens with zero attached hydrogens (tertiary/aromatic N) is 5. The Morgan fingerprint density at radius 3 is 2.58 bits per heavy atom. The summed E-state index contributed by atoms with van der Waals surface area (Å²) in [6.07, 6.45) is 3.23. The van der Waals surface area contributed by atoms with E-state index < -0.39 is 6.04 Å². The molecule has 1 atom stereocenters. The number of hydrogen-bond donors (Lipinski definition) is 1. The molecule has 1 amide bonds. The number of pyridine rings is 2. The van der Waals surface area contributed by atoms with Crippen molar-refractivity contribution in [3.05, 3.63) is 107 Å². The summed E-state index contributed by atoms with van der Waals surface area (Å²) < 4.78 is 12.5. The Balaban J connectivity index is 1.48. The molecule has 0 spiro atoms. The van der Waals surface area contributed by atoms with Crippen LogP contribution in [-0.2, 0) is 4.74 Å². The molecule has 4 heterocycles. The van der Waals surface area contributed by atoms with Crippen LogP contribution in [-0.4, -0.2) is 63.7 Å². The summed E-state index contributed by atoms with van der Waals surface area (Å²) in [6, 6.07) is 20.6. The summed E-state index contributed by atoms with van der Waals surface area (Å²) in [6.45, 7) is 5.73. The van der Waals surface area contributed by atoms with E-state index >= 15 is 0 Å². The summed E-state index contributed by atoms with van der Waals surface area (Å²) in [7, 11) is 1.57. The van der Waals surface area contributed by atoms with Gasteiger partial charge in [0.25, 0.3) is 11.5 Å². The largest absolute Gasteiger partial charge is 0.481 e. The Labute approximate surface area is 249 Å². The van der Waals surface area contributed by atoms with E-state index in [0.29, 0.717) is 60.5 Å². The number of rotatable bonds is 7. The first-order chi connectivity index (χ1) is 20.9. The van der Waals surface area contributed by atoms with Crippen molar-refractivity contribution in [2.45, 2.75) is 19.9 Å². The number of carbonyl (C=O) groups excluding carboxylic acids is 1. The molecule has 5 aromatic rings. The molecule has 0 bridgehead atoms. The standard InChI is InChI=1S/C33H32N6O4/c1-21(36-31-27(20-35-22(2)37-31)32(40)38-14-16-43-17-15-38)28-18-24-8-7-11-26(23-12-13-34-29(19-23)42-3)30(24)33(41)39(28)25-9-5-4-6-10-25/h4-13,18-21H,14-17H2,1-3H3,(H,35,36,37)/t21-/m0/s1. The highest BCUT2D eigenvalue weighted by Gasteiger charge is 2.25. The number of aryl methyl sites for hydroxylation is 1. The Bertz CT molecular complexity index is 1850. The fourth-order valence-corrected chi connectivity index (χ4v) is 5.43. The van der Waals surface area contributed by atoms with Crippen molar-refractivity contribution >= 4 is 22.5 Å². The molecule has 1 N–H and O–H groups in total. The number of amides is 1. The van der Waals surface area contributed by atoms with E-state index in [1.807, 2.05) is 73.7 Å². The van der Waals surface area contributed by atoms with Gasteiger partial charge in [0.2, 0.25) is 5.88 Å². The minimum atomic E-state index is -0.410. The summed E-state index contributed by atoms with van der Waals surface area (Å²) in [5.74, 6) is 1.26. The molecular formula is C33H32N6O4. The number of benzene rings is 2. The molecule has 1 aliphatic heterocycles. The zero-order chi connectivity index (χ0) is 29.9. The molecule has 1 fully saturated rings. The molecule has 0 aliphatic carbocycles. The van der Waals surface area contributed by atoms with Crippen LogP contribution in [0.5, 0.6) is 5.88 Å². The van der Waals surface area contributed by atoms with E-state index in [9.17, 15) is 9.59 Å². The molecule has 6 rings (SSSR count). The second-order valence-electron chi connectivity index (χ2n) is 10.4. The van der Waals surface area contributed by atoms with E-state index in [1.54, 1.807) is 35.9 Å². The number of aromatic nitrogens is 4. The van der Waals surface area contributed by atoms with Crippen LogP contribution in [0.4, 0.5) is 5.82 Å². The SMILES string of the molecule is COc1cc(-c2cccc3cc([C@H](C)Nc4nc(C)ncc4C(=O)N4CCOCC4)n(-c4ccccc4)c(=O)c23)ccn1. The fraction of sp³-hybridized carbons (Fsp3) is 0.242. The highest BCUT2D eigenvalue weighted by atomic mass is 16.5. The maximum Gasteiger partial charge on any atom is 0.263 e. The molecule has 43 heavy (non-hydrogen) atoms. The fourth-order valence-electron chi connectivity index (χ4n) is 5.43. The van der Waals surface area contributed by atoms with E-state index in [4.69, 9.17) is 9.47 Å².